The number of carboxylic acid groups (broad SMARTS) is 1. The zero-order valence-corrected chi connectivity index (χ0v) is 15.4. The van der Waals surface area contributed by atoms with Crippen LogP contribution >= 0.6 is 0 Å². The lowest BCUT2D eigenvalue weighted by Gasteiger charge is -2.26. The minimum atomic E-state index is -1.14. The molecule has 0 aromatic heterocycles. The van der Waals surface area contributed by atoms with Crippen LogP contribution in [0.25, 0.3) is 0 Å². The highest BCUT2D eigenvalue weighted by Crippen LogP contribution is 2.30. The quantitative estimate of drug-likeness (QED) is 0.732. The van der Waals surface area contributed by atoms with E-state index in [1.807, 2.05) is 18.2 Å². The summed E-state index contributed by atoms with van der Waals surface area (Å²) in [7, 11) is -1.14. The Morgan fingerprint density at radius 1 is 1.18 bits per heavy atom. The number of benzene rings is 2. The maximum atomic E-state index is 11.0. The van der Waals surface area contributed by atoms with Gasteiger partial charge in [0.15, 0.2) is 0 Å². The number of rotatable bonds is 6. The van der Waals surface area contributed by atoms with Gasteiger partial charge < -0.3 is 24.3 Å². The lowest BCUT2D eigenvalue weighted by atomic mass is 9.79. The molecule has 2 heterocycles. The maximum absolute atomic E-state index is 11.0. The van der Waals surface area contributed by atoms with Crippen LogP contribution in [-0.2, 0) is 20.7 Å². The molecule has 1 fully saturated rings. The van der Waals surface area contributed by atoms with E-state index >= 15 is 0 Å². The van der Waals surface area contributed by atoms with Crippen molar-refractivity contribution >= 4 is 18.6 Å². The number of nitrogens with zero attached hydrogens (tertiary/aromatic N) is 1. The molecule has 2 aliphatic heterocycles. The van der Waals surface area contributed by atoms with Gasteiger partial charge in [0.1, 0.15) is 11.5 Å². The zero-order chi connectivity index (χ0) is 19.5. The number of aliphatic carboxylic acids is 1. The second-order valence-electron chi connectivity index (χ2n) is 7.00. The molecule has 2 aliphatic rings. The first-order valence-corrected chi connectivity index (χ1v) is 9.34. The summed E-state index contributed by atoms with van der Waals surface area (Å²) in [6.45, 7) is 4.21. The number of carbonyl (C=O) groups is 1. The van der Waals surface area contributed by atoms with Gasteiger partial charge in [-0.15, -0.1) is 0 Å². The number of fused-ring (bicyclic) bond motifs is 1. The topological polar surface area (TPSA) is 88.5 Å². The van der Waals surface area contributed by atoms with E-state index < -0.39 is 19.2 Å². The lowest BCUT2D eigenvalue weighted by molar-refractivity contribution is -0.138. The molecular weight excluding hydrogens is 361 g/mol. The predicted molar refractivity (Wildman–Crippen MR) is 103 cm³/mol. The first-order valence-electron chi connectivity index (χ1n) is 9.34. The third kappa shape index (κ3) is 4.36. The monoisotopic (exact) mass is 383 g/mol. The molecule has 2 N–H and O–H groups in total. The molecule has 8 heteroatoms. The second kappa shape index (κ2) is 8.32. The molecule has 0 saturated carbocycles. The number of ether oxygens (including phenoxy) is 2. The predicted octanol–water partition coefficient (Wildman–Crippen LogP) is 1.54. The van der Waals surface area contributed by atoms with Gasteiger partial charge in [-0.3, -0.25) is 9.69 Å². The summed E-state index contributed by atoms with van der Waals surface area (Å²) in [6.07, 6.45) is -0.832. The Hall–Kier alpha value is -2.39. The summed E-state index contributed by atoms with van der Waals surface area (Å²) in [4.78, 5) is 13.3. The Bertz CT molecular complexity index is 854. The molecule has 2 aromatic rings. The van der Waals surface area contributed by atoms with Crippen molar-refractivity contribution in [3.05, 3.63) is 53.6 Å². The molecule has 4 rings (SSSR count). The largest absolute Gasteiger partial charge is 0.492 e. The van der Waals surface area contributed by atoms with Crippen molar-refractivity contribution in [1.29, 1.82) is 0 Å². The first kappa shape index (κ1) is 19.0. The van der Waals surface area contributed by atoms with Gasteiger partial charge in [0, 0.05) is 19.6 Å². The molecule has 1 saturated heterocycles. The van der Waals surface area contributed by atoms with E-state index in [0.717, 1.165) is 38.4 Å². The molecule has 0 spiro atoms. The van der Waals surface area contributed by atoms with Gasteiger partial charge in [-0.1, -0.05) is 18.2 Å². The Kier molecular flexibility index (Phi) is 5.63. The van der Waals surface area contributed by atoms with Gasteiger partial charge >= 0.3 is 13.1 Å². The Morgan fingerprint density at radius 3 is 2.75 bits per heavy atom. The second-order valence-corrected chi connectivity index (χ2v) is 7.00. The Labute approximate surface area is 163 Å². The normalized spacial score (nSPS) is 19.5. The van der Waals surface area contributed by atoms with Gasteiger partial charge in [-0.05, 0) is 40.9 Å². The lowest BCUT2D eigenvalue weighted by Crippen LogP contribution is -2.35. The summed E-state index contributed by atoms with van der Waals surface area (Å²) in [5.74, 6) is 0.310. The van der Waals surface area contributed by atoms with Crippen molar-refractivity contribution in [3.8, 4) is 11.5 Å². The van der Waals surface area contributed by atoms with Gasteiger partial charge in [0.05, 0.1) is 25.7 Å². The third-order valence-corrected chi connectivity index (χ3v) is 4.97. The molecule has 146 valence electrons. The number of hydrogen-bond acceptors (Lipinski definition) is 6. The smallest absolute Gasteiger partial charge is 0.481 e. The van der Waals surface area contributed by atoms with Crippen LogP contribution in [0.2, 0.25) is 0 Å². The van der Waals surface area contributed by atoms with Crippen LogP contribution < -0.4 is 10.2 Å². The van der Waals surface area contributed by atoms with E-state index in [-0.39, 0.29) is 6.42 Å². The third-order valence-electron chi connectivity index (χ3n) is 4.97. The minimum absolute atomic E-state index is 0.187. The van der Waals surface area contributed by atoms with Crippen LogP contribution in [0.15, 0.2) is 42.5 Å². The van der Waals surface area contributed by atoms with E-state index in [0.29, 0.717) is 22.5 Å². The molecule has 1 atom stereocenters. The van der Waals surface area contributed by atoms with Crippen LogP contribution in [0.3, 0.4) is 0 Å². The highest BCUT2D eigenvalue weighted by atomic mass is 16.5. The molecule has 0 amide bonds. The SMILES string of the molecule is O=C(O)CC1OB(O)c2cc(Oc3cccc(CN4CCOCC4)c3)ccc21. The Balaban J connectivity index is 1.47. The Morgan fingerprint density at radius 2 is 1.96 bits per heavy atom. The van der Waals surface area contributed by atoms with Crippen molar-refractivity contribution in [2.75, 3.05) is 26.3 Å². The molecule has 1 unspecified atom stereocenters. The maximum Gasteiger partial charge on any atom is 0.492 e. The molecule has 0 bridgehead atoms. The van der Waals surface area contributed by atoms with E-state index in [2.05, 4.69) is 11.0 Å². The van der Waals surface area contributed by atoms with Crippen LogP contribution in [0.1, 0.15) is 23.7 Å². The van der Waals surface area contributed by atoms with E-state index in [9.17, 15) is 9.82 Å². The van der Waals surface area contributed by atoms with Crippen molar-refractivity contribution in [1.82, 2.24) is 4.90 Å². The molecule has 0 aliphatic carbocycles. The van der Waals surface area contributed by atoms with E-state index in [1.165, 1.54) is 0 Å². The minimum Gasteiger partial charge on any atom is -0.481 e. The molecule has 7 nitrogen and oxygen atoms in total. The van der Waals surface area contributed by atoms with Crippen molar-refractivity contribution in [2.45, 2.75) is 19.1 Å². The summed E-state index contributed by atoms with van der Waals surface area (Å²) >= 11 is 0. The summed E-state index contributed by atoms with van der Waals surface area (Å²) in [6, 6.07) is 13.1. The molecule has 0 radical (unpaired) electrons. The molecule has 2 aromatic carbocycles. The number of carboxylic acids is 1. The summed E-state index contributed by atoms with van der Waals surface area (Å²) < 4.78 is 16.7. The molecule has 28 heavy (non-hydrogen) atoms. The van der Waals surface area contributed by atoms with E-state index in [4.69, 9.17) is 19.2 Å². The van der Waals surface area contributed by atoms with Crippen LogP contribution in [0.4, 0.5) is 0 Å². The van der Waals surface area contributed by atoms with E-state index in [1.54, 1.807) is 18.2 Å². The van der Waals surface area contributed by atoms with Crippen LogP contribution in [0.5, 0.6) is 11.5 Å². The number of hydrogen-bond donors (Lipinski definition) is 2. The van der Waals surface area contributed by atoms with Crippen molar-refractivity contribution < 1.29 is 29.1 Å². The van der Waals surface area contributed by atoms with Crippen molar-refractivity contribution in [2.24, 2.45) is 0 Å². The fourth-order valence-corrected chi connectivity index (χ4v) is 3.60. The van der Waals surface area contributed by atoms with Gasteiger partial charge in [-0.25, -0.2) is 0 Å². The van der Waals surface area contributed by atoms with Crippen molar-refractivity contribution in [3.63, 3.8) is 0 Å². The highest BCUT2D eigenvalue weighted by Gasteiger charge is 2.36. The fourth-order valence-electron chi connectivity index (χ4n) is 3.60. The molecular formula is C20H22BNO6. The fraction of sp³-hybridized carbons (Fsp3) is 0.350. The van der Waals surface area contributed by atoms with Crippen LogP contribution in [0, 0.1) is 0 Å². The summed E-state index contributed by atoms with van der Waals surface area (Å²) in [5.41, 5.74) is 2.39. The van der Waals surface area contributed by atoms with Gasteiger partial charge in [-0.2, -0.15) is 0 Å². The average molecular weight is 383 g/mol. The van der Waals surface area contributed by atoms with Crippen LogP contribution in [-0.4, -0.2) is 54.4 Å². The summed E-state index contributed by atoms with van der Waals surface area (Å²) in [5, 5.41) is 19.1. The first-order chi connectivity index (χ1) is 13.6. The standard InChI is InChI=1S/C20H22BNO6/c23-20(24)12-19-17-5-4-16(11-18(17)21(25)28-19)27-15-3-1-2-14(10-15)13-22-6-8-26-9-7-22/h1-5,10-11,19,25H,6-9,12-13H2,(H,23,24). The highest BCUT2D eigenvalue weighted by molar-refractivity contribution is 6.61. The zero-order valence-electron chi connectivity index (χ0n) is 15.4. The average Bonchev–Trinajstić information content (AvgIpc) is 2.97. The van der Waals surface area contributed by atoms with Gasteiger partial charge in [0.2, 0.25) is 0 Å². The number of morpholine rings is 1. The van der Waals surface area contributed by atoms with Gasteiger partial charge in [0.25, 0.3) is 0 Å².